The molecule has 3 aromatic rings. The number of fused-ring (bicyclic) bond motifs is 2. The van der Waals surface area contributed by atoms with Crippen LogP contribution in [0.1, 0.15) is 30.4 Å². The van der Waals surface area contributed by atoms with E-state index >= 15 is 0 Å². The van der Waals surface area contributed by atoms with E-state index in [1.165, 1.54) is 54.7 Å². The lowest BCUT2D eigenvalue weighted by Gasteiger charge is -2.27. The Morgan fingerprint density at radius 3 is 2.62 bits per heavy atom. The minimum atomic E-state index is 0.568. The molecule has 5 heteroatoms. The predicted molar refractivity (Wildman–Crippen MR) is 142 cm³/mol. The van der Waals surface area contributed by atoms with Gasteiger partial charge in [-0.3, -0.25) is 4.90 Å². The molecule has 0 amide bonds. The van der Waals surface area contributed by atoms with E-state index in [1.54, 1.807) is 0 Å². The molecule has 3 aliphatic rings. The molecule has 3 N–H and O–H groups in total. The van der Waals surface area contributed by atoms with Gasteiger partial charge in [0.15, 0.2) is 0 Å². The van der Waals surface area contributed by atoms with Gasteiger partial charge < -0.3 is 16.0 Å². The van der Waals surface area contributed by atoms with E-state index in [-0.39, 0.29) is 0 Å². The predicted octanol–water partition coefficient (Wildman–Crippen LogP) is 4.79. The molecule has 0 radical (unpaired) electrons. The lowest BCUT2D eigenvalue weighted by Crippen LogP contribution is -2.36. The largest absolute Gasteiger partial charge is 0.385 e. The quantitative estimate of drug-likeness (QED) is 0.600. The second-order valence-corrected chi connectivity index (χ2v) is 9.86. The number of pyridine rings is 1. The summed E-state index contributed by atoms with van der Waals surface area (Å²) in [6, 6.07) is 18.4. The molecule has 174 valence electrons. The van der Waals surface area contributed by atoms with Crippen molar-refractivity contribution in [2.45, 2.75) is 31.7 Å². The lowest BCUT2D eigenvalue weighted by molar-refractivity contribution is 0.273. The van der Waals surface area contributed by atoms with Crippen molar-refractivity contribution in [3.63, 3.8) is 0 Å². The number of nitrogen functional groups attached to an aromatic ring is 1. The third kappa shape index (κ3) is 3.94. The van der Waals surface area contributed by atoms with Gasteiger partial charge in [-0.1, -0.05) is 36.9 Å². The normalized spacial score (nSPS) is 20.4. The Balaban J connectivity index is 1.26. The van der Waals surface area contributed by atoms with Crippen LogP contribution in [0.25, 0.3) is 28.0 Å². The van der Waals surface area contributed by atoms with Crippen LogP contribution in [-0.2, 0) is 6.42 Å². The molecule has 0 saturated carbocycles. The highest BCUT2D eigenvalue weighted by atomic mass is 15.3. The Labute approximate surface area is 202 Å². The molecule has 4 heterocycles. The topological polar surface area (TPSA) is 57.4 Å². The van der Waals surface area contributed by atoms with Crippen LogP contribution in [0, 0.1) is 0 Å². The van der Waals surface area contributed by atoms with Crippen LogP contribution in [0.5, 0.6) is 0 Å². The van der Waals surface area contributed by atoms with Gasteiger partial charge in [-0.15, -0.1) is 0 Å². The zero-order chi connectivity index (χ0) is 23.1. The minimum Gasteiger partial charge on any atom is -0.385 e. The van der Waals surface area contributed by atoms with Gasteiger partial charge in [0.2, 0.25) is 0 Å². The highest BCUT2D eigenvalue weighted by molar-refractivity contribution is 5.81. The van der Waals surface area contributed by atoms with Gasteiger partial charge in [0.25, 0.3) is 0 Å². The number of nitrogens with zero attached hydrogens (tertiary/aromatic N) is 3. The molecule has 1 unspecified atom stereocenters. The smallest absolute Gasteiger partial charge is 0.131 e. The number of hydrogen-bond acceptors (Lipinski definition) is 5. The summed E-state index contributed by atoms with van der Waals surface area (Å²) in [5.41, 5.74) is 15.5. The summed E-state index contributed by atoms with van der Waals surface area (Å²) in [4.78, 5) is 9.81. The van der Waals surface area contributed by atoms with Crippen molar-refractivity contribution in [1.29, 1.82) is 0 Å². The average molecular weight is 452 g/mol. The third-order valence-corrected chi connectivity index (χ3v) is 7.76. The van der Waals surface area contributed by atoms with Crippen molar-refractivity contribution < 1.29 is 0 Å². The first-order valence-electron chi connectivity index (χ1n) is 12.6. The second-order valence-electron chi connectivity index (χ2n) is 9.86. The fourth-order valence-corrected chi connectivity index (χ4v) is 5.88. The molecule has 5 nitrogen and oxygen atoms in total. The van der Waals surface area contributed by atoms with Gasteiger partial charge in [-0.2, -0.15) is 0 Å². The standard InChI is InChI=1S/C29H33N5/c1-20-27-10-7-22(16-23(27)11-12-31-20)28-17-24(18-32-29(28)30)21-5-8-25(9-6-21)34-15-3-14-33-13-2-4-26(33)19-34/h5-10,16-18,26,31H,1-4,11-15,19H2,(H2,30,32). The van der Waals surface area contributed by atoms with Crippen molar-refractivity contribution in [2.24, 2.45) is 0 Å². The summed E-state index contributed by atoms with van der Waals surface area (Å²) in [5.74, 6) is 0.568. The molecule has 6 rings (SSSR count). The maximum Gasteiger partial charge on any atom is 0.131 e. The highest BCUT2D eigenvalue weighted by Gasteiger charge is 2.28. The van der Waals surface area contributed by atoms with Gasteiger partial charge in [-0.05, 0) is 67.1 Å². The van der Waals surface area contributed by atoms with Gasteiger partial charge in [0.05, 0.1) is 0 Å². The molecule has 2 fully saturated rings. The molecular formula is C29H33N5. The van der Waals surface area contributed by atoms with E-state index < -0.39 is 0 Å². The first-order valence-corrected chi connectivity index (χ1v) is 12.6. The average Bonchev–Trinajstić information content (AvgIpc) is 3.21. The van der Waals surface area contributed by atoms with Crippen LogP contribution >= 0.6 is 0 Å². The summed E-state index contributed by atoms with van der Waals surface area (Å²) < 4.78 is 0. The van der Waals surface area contributed by atoms with Crippen molar-refractivity contribution in [3.05, 3.63) is 72.4 Å². The summed E-state index contributed by atoms with van der Waals surface area (Å²) in [7, 11) is 0. The number of benzene rings is 2. The molecule has 2 saturated heterocycles. The molecular weight excluding hydrogens is 418 g/mol. The third-order valence-electron chi connectivity index (χ3n) is 7.76. The molecule has 0 spiro atoms. The van der Waals surface area contributed by atoms with Gasteiger partial charge in [0, 0.05) is 66.5 Å². The fourth-order valence-electron chi connectivity index (χ4n) is 5.88. The van der Waals surface area contributed by atoms with E-state index in [2.05, 4.69) is 75.2 Å². The van der Waals surface area contributed by atoms with E-state index in [0.29, 0.717) is 5.82 Å². The van der Waals surface area contributed by atoms with Crippen molar-refractivity contribution in [1.82, 2.24) is 15.2 Å². The first kappa shape index (κ1) is 21.2. The fraction of sp³-hybridized carbons (Fsp3) is 0.345. The Morgan fingerprint density at radius 2 is 1.74 bits per heavy atom. The van der Waals surface area contributed by atoms with Crippen LogP contribution in [0.15, 0.2) is 61.3 Å². The van der Waals surface area contributed by atoms with Gasteiger partial charge in [0.1, 0.15) is 5.82 Å². The monoisotopic (exact) mass is 451 g/mol. The molecule has 1 atom stereocenters. The first-order chi connectivity index (χ1) is 16.7. The van der Waals surface area contributed by atoms with E-state index in [4.69, 9.17) is 5.73 Å². The van der Waals surface area contributed by atoms with E-state index in [9.17, 15) is 0 Å². The highest BCUT2D eigenvalue weighted by Crippen LogP contribution is 2.33. The molecule has 0 bridgehead atoms. The van der Waals surface area contributed by atoms with E-state index in [1.807, 2.05) is 6.20 Å². The Hall–Kier alpha value is -3.31. The van der Waals surface area contributed by atoms with Crippen molar-refractivity contribution in [3.8, 4) is 22.3 Å². The Morgan fingerprint density at radius 1 is 0.912 bits per heavy atom. The van der Waals surface area contributed by atoms with Crippen LogP contribution in [0.2, 0.25) is 0 Å². The maximum absolute atomic E-state index is 6.33. The number of anilines is 2. The zero-order valence-electron chi connectivity index (χ0n) is 19.8. The molecule has 34 heavy (non-hydrogen) atoms. The lowest BCUT2D eigenvalue weighted by atomic mass is 9.93. The SMILES string of the molecule is C=C1NCCc2cc(-c3cc(-c4ccc(N5CCCN6CCCC6C5)cc4)cnc3N)ccc21. The number of nitrogens with one attached hydrogen (secondary N) is 1. The Kier molecular flexibility index (Phi) is 5.50. The van der Waals surface area contributed by atoms with Gasteiger partial charge in [-0.25, -0.2) is 4.98 Å². The maximum atomic E-state index is 6.33. The number of hydrogen-bond donors (Lipinski definition) is 2. The molecule has 3 aliphatic heterocycles. The number of nitrogens with two attached hydrogens (primary N) is 1. The van der Waals surface area contributed by atoms with Crippen molar-refractivity contribution >= 4 is 17.2 Å². The number of aromatic nitrogens is 1. The van der Waals surface area contributed by atoms with E-state index in [0.717, 1.165) is 54.5 Å². The Bertz CT molecular complexity index is 1220. The molecule has 0 aliphatic carbocycles. The summed E-state index contributed by atoms with van der Waals surface area (Å²) in [5, 5.41) is 3.34. The van der Waals surface area contributed by atoms with Crippen LogP contribution in [-0.4, -0.2) is 48.6 Å². The van der Waals surface area contributed by atoms with Gasteiger partial charge >= 0.3 is 0 Å². The molecule has 2 aromatic carbocycles. The van der Waals surface area contributed by atoms with Crippen LogP contribution in [0.4, 0.5) is 11.5 Å². The van der Waals surface area contributed by atoms with Crippen LogP contribution in [0.3, 0.4) is 0 Å². The zero-order valence-corrected chi connectivity index (χ0v) is 19.8. The van der Waals surface area contributed by atoms with Crippen LogP contribution < -0.4 is 16.0 Å². The summed E-state index contributed by atoms with van der Waals surface area (Å²) in [6.45, 7) is 9.86. The summed E-state index contributed by atoms with van der Waals surface area (Å²) in [6.07, 6.45) is 6.81. The minimum absolute atomic E-state index is 0.568. The summed E-state index contributed by atoms with van der Waals surface area (Å²) >= 11 is 0. The van der Waals surface area contributed by atoms with Crippen molar-refractivity contribution in [2.75, 3.05) is 43.4 Å². The second kappa shape index (κ2) is 8.80. The number of rotatable bonds is 3. The molecule has 1 aromatic heterocycles.